The highest BCUT2D eigenvalue weighted by atomic mass is 79.9. The second-order valence-corrected chi connectivity index (χ2v) is 8.38. The number of carbonyl (C=O) groups is 1. The Morgan fingerprint density at radius 2 is 2.07 bits per heavy atom. The summed E-state index contributed by atoms with van der Waals surface area (Å²) >= 11 is 4.67. The predicted octanol–water partition coefficient (Wildman–Crippen LogP) is 3.65. The molecule has 0 fully saturated rings. The van der Waals surface area contributed by atoms with E-state index < -0.39 is 0 Å². The van der Waals surface area contributed by atoms with E-state index in [0.29, 0.717) is 22.6 Å². The summed E-state index contributed by atoms with van der Waals surface area (Å²) in [7, 11) is 1.84. The monoisotopic (exact) mass is 463 g/mol. The van der Waals surface area contributed by atoms with E-state index in [0.717, 1.165) is 28.0 Å². The molecule has 28 heavy (non-hydrogen) atoms. The first-order valence-electron chi connectivity index (χ1n) is 8.94. The summed E-state index contributed by atoms with van der Waals surface area (Å²) in [5.41, 5.74) is 2.94. The fraction of sp³-hybridized carbons (Fsp3) is 0.368. The van der Waals surface area contributed by atoms with Gasteiger partial charge in [0.2, 0.25) is 5.91 Å². The van der Waals surface area contributed by atoms with Crippen LogP contribution in [0.25, 0.3) is 10.9 Å². The molecule has 0 saturated carbocycles. The highest BCUT2D eigenvalue weighted by Crippen LogP contribution is 2.22. The SMILES string of the molecule is CCCn1c(SCC(=O)Nc2c(C)nn(C)c2C)nc2ccc(Br)cc2c1=O. The van der Waals surface area contributed by atoms with Gasteiger partial charge in [0.25, 0.3) is 5.56 Å². The van der Waals surface area contributed by atoms with Crippen molar-refractivity contribution in [3.8, 4) is 0 Å². The lowest BCUT2D eigenvalue weighted by molar-refractivity contribution is -0.113. The van der Waals surface area contributed by atoms with E-state index in [4.69, 9.17) is 0 Å². The molecule has 2 heterocycles. The minimum atomic E-state index is -0.155. The van der Waals surface area contributed by atoms with Crippen molar-refractivity contribution in [1.29, 1.82) is 0 Å². The summed E-state index contributed by atoms with van der Waals surface area (Å²) in [6.07, 6.45) is 0.801. The van der Waals surface area contributed by atoms with E-state index in [-0.39, 0.29) is 17.2 Å². The van der Waals surface area contributed by atoms with Crippen LogP contribution in [0.1, 0.15) is 24.7 Å². The van der Waals surface area contributed by atoms with Crippen molar-refractivity contribution in [3.05, 3.63) is 44.4 Å². The van der Waals surface area contributed by atoms with Gasteiger partial charge in [-0.3, -0.25) is 18.8 Å². The number of thioether (sulfide) groups is 1. The third-order valence-corrected chi connectivity index (χ3v) is 5.90. The number of hydrogen-bond donors (Lipinski definition) is 1. The van der Waals surface area contributed by atoms with Crippen LogP contribution in [0, 0.1) is 13.8 Å². The summed E-state index contributed by atoms with van der Waals surface area (Å²) < 4.78 is 4.22. The highest BCUT2D eigenvalue weighted by molar-refractivity contribution is 9.10. The number of aromatic nitrogens is 4. The van der Waals surface area contributed by atoms with Crippen LogP contribution in [0.4, 0.5) is 5.69 Å². The average molecular weight is 464 g/mol. The van der Waals surface area contributed by atoms with E-state index in [1.807, 2.05) is 40.0 Å². The molecule has 0 atom stereocenters. The molecule has 1 N–H and O–H groups in total. The fourth-order valence-corrected chi connectivity index (χ4v) is 4.15. The van der Waals surface area contributed by atoms with Gasteiger partial charge in [0.1, 0.15) is 0 Å². The van der Waals surface area contributed by atoms with E-state index in [1.54, 1.807) is 15.3 Å². The summed E-state index contributed by atoms with van der Waals surface area (Å²) in [6, 6.07) is 5.45. The zero-order valence-corrected chi connectivity index (χ0v) is 18.6. The number of halogens is 1. The van der Waals surface area contributed by atoms with Crippen LogP contribution in [0.5, 0.6) is 0 Å². The second-order valence-electron chi connectivity index (χ2n) is 6.52. The van der Waals surface area contributed by atoms with Crippen molar-refractivity contribution in [2.75, 3.05) is 11.1 Å². The number of aryl methyl sites for hydroxylation is 2. The lowest BCUT2D eigenvalue weighted by Gasteiger charge is -2.12. The molecule has 0 aliphatic heterocycles. The molecule has 7 nitrogen and oxygen atoms in total. The van der Waals surface area contributed by atoms with Crippen LogP contribution < -0.4 is 10.9 Å². The Balaban J connectivity index is 1.85. The summed E-state index contributed by atoms with van der Waals surface area (Å²) in [6.45, 7) is 6.33. The molecule has 0 radical (unpaired) electrons. The van der Waals surface area contributed by atoms with Gasteiger partial charge in [0, 0.05) is 18.1 Å². The first-order chi connectivity index (χ1) is 13.3. The minimum Gasteiger partial charge on any atom is -0.322 e. The van der Waals surface area contributed by atoms with Gasteiger partial charge >= 0.3 is 0 Å². The molecule has 0 spiro atoms. The molecular formula is C19H22BrN5O2S. The number of nitrogens with one attached hydrogen (secondary N) is 1. The molecule has 9 heteroatoms. The molecule has 0 saturated heterocycles. The molecule has 0 bridgehead atoms. The number of fused-ring (bicyclic) bond motifs is 1. The second kappa shape index (κ2) is 8.48. The van der Waals surface area contributed by atoms with Crippen molar-refractivity contribution in [2.24, 2.45) is 7.05 Å². The molecule has 1 aromatic carbocycles. The van der Waals surface area contributed by atoms with Gasteiger partial charge in [-0.2, -0.15) is 5.10 Å². The van der Waals surface area contributed by atoms with E-state index >= 15 is 0 Å². The number of rotatable bonds is 6. The Morgan fingerprint density at radius 1 is 1.32 bits per heavy atom. The molecular weight excluding hydrogens is 442 g/mol. The minimum absolute atomic E-state index is 0.0880. The first kappa shape index (κ1) is 20.6. The summed E-state index contributed by atoms with van der Waals surface area (Å²) in [5, 5.41) is 8.34. The Hall–Kier alpha value is -2.13. The molecule has 1 amide bonds. The van der Waals surface area contributed by atoms with E-state index in [9.17, 15) is 9.59 Å². The van der Waals surface area contributed by atoms with Crippen molar-refractivity contribution < 1.29 is 4.79 Å². The average Bonchev–Trinajstić information content (AvgIpc) is 2.89. The number of carbonyl (C=O) groups excluding carboxylic acids is 1. The van der Waals surface area contributed by atoms with Crippen LogP contribution in [0.15, 0.2) is 32.6 Å². The zero-order valence-electron chi connectivity index (χ0n) is 16.2. The normalized spacial score (nSPS) is 11.2. The number of benzene rings is 1. The van der Waals surface area contributed by atoms with Crippen molar-refractivity contribution in [2.45, 2.75) is 38.9 Å². The largest absolute Gasteiger partial charge is 0.322 e. The fourth-order valence-electron chi connectivity index (χ4n) is 2.96. The Labute approximate surface area is 175 Å². The summed E-state index contributed by atoms with van der Waals surface area (Å²) in [4.78, 5) is 30.0. The third kappa shape index (κ3) is 4.15. The molecule has 3 aromatic rings. The maximum atomic E-state index is 12.9. The quantitative estimate of drug-likeness (QED) is 0.445. The predicted molar refractivity (Wildman–Crippen MR) is 116 cm³/mol. The van der Waals surface area contributed by atoms with Gasteiger partial charge in [-0.15, -0.1) is 0 Å². The highest BCUT2D eigenvalue weighted by Gasteiger charge is 2.16. The number of anilines is 1. The molecule has 0 aliphatic rings. The lowest BCUT2D eigenvalue weighted by Crippen LogP contribution is -2.24. The van der Waals surface area contributed by atoms with Gasteiger partial charge in [0.05, 0.1) is 33.7 Å². The van der Waals surface area contributed by atoms with Crippen molar-refractivity contribution in [1.82, 2.24) is 19.3 Å². The zero-order chi connectivity index (χ0) is 20.4. The number of amides is 1. The van der Waals surface area contributed by atoms with E-state index in [1.165, 1.54) is 11.8 Å². The smallest absolute Gasteiger partial charge is 0.262 e. The molecule has 148 valence electrons. The van der Waals surface area contributed by atoms with Crippen LogP contribution in [0.3, 0.4) is 0 Å². The van der Waals surface area contributed by atoms with Gasteiger partial charge in [0.15, 0.2) is 5.16 Å². The van der Waals surface area contributed by atoms with Gasteiger partial charge in [-0.25, -0.2) is 4.98 Å². The molecule has 0 unspecified atom stereocenters. The van der Waals surface area contributed by atoms with Gasteiger partial charge in [-0.1, -0.05) is 34.6 Å². The first-order valence-corrected chi connectivity index (χ1v) is 10.7. The van der Waals surface area contributed by atoms with Crippen LogP contribution in [0.2, 0.25) is 0 Å². The van der Waals surface area contributed by atoms with E-state index in [2.05, 4.69) is 31.3 Å². The Morgan fingerprint density at radius 3 is 2.71 bits per heavy atom. The van der Waals surface area contributed by atoms with Crippen LogP contribution >= 0.6 is 27.7 Å². The molecule has 3 rings (SSSR count). The maximum Gasteiger partial charge on any atom is 0.262 e. The maximum absolute atomic E-state index is 12.9. The van der Waals surface area contributed by atoms with Gasteiger partial charge < -0.3 is 5.32 Å². The Bertz CT molecular complexity index is 1110. The Kier molecular flexibility index (Phi) is 6.24. The van der Waals surface area contributed by atoms with Crippen LogP contribution in [-0.4, -0.2) is 31.0 Å². The molecule has 0 aliphatic carbocycles. The molecule has 2 aromatic heterocycles. The topological polar surface area (TPSA) is 81.8 Å². The van der Waals surface area contributed by atoms with Crippen LogP contribution in [-0.2, 0) is 18.4 Å². The number of hydrogen-bond acceptors (Lipinski definition) is 5. The summed E-state index contributed by atoms with van der Waals surface area (Å²) in [5.74, 6) is 0.00351. The van der Waals surface area contributed by atoms with Crippen molar-refractivity contribution in [3.63, 3.8) is 0 Å². The third-order valence-electron chi connectivity index (χ3n) is 4.43. The standard InChI is InChI=1S/C19H22BrN5O2S/c1-5-8-25-18(27)14-9-13(20)6-7-15(14)21-19(25)28-10-16(26)22-17-11(2)23-24(4)12(17)3/h6-7,9H,5,8,10H2,1-4H3,(H,22,26). The number of nitrogens with zero attached hydrogens (tertiary/aromatic N) is 4. The lowest BCUT2D eigenvalue weighted by atomic mass is 10.2. The van der Waals surface area contributed by atoms with Gasteiger partial charge in [-0.05, 0) is 38.5 Å². The van der Waals surface area contributed by atoms with Crippen molar-refractivity contribution >= 4 is 50.2 Å².